The molecule has 0 saturated carbocycles. The summed E-state index contributed by atoms with van der Waals surface area (Å²) in [5, 5.41) is 9.58. The third-order valence-electron chi connectivity index (χ3n) is 9.81. The average Bonchev–Trinajstić information content (AvgIpc) is 3.10. The second-order valence-electron chi connectivity index (χ2n) is 14.8. The summed E-state index contributed by atoms with van der Waals surface area (Å²) in [4.78, 5) is 24.3. The van der Waals surface area contributed by atoms with E-state index in [2.05, 4.69) is 26.0 Å². The van der Waals surface area contributed by atoms with E-state index in [9.17, 15) is 14.7 Å². The van der Waals surface area contributed by atoms with Crippen LogP contribution in [0.2, 0.25) is 0 Å². The molecule has 5 heteroatoms. The largest absolute Gasteiger partial charge is 0.462 e. The maximum atomic E-state index is 12.2. The van der Waals surface area contributed by atoms with Gasteiger partial charge in [0.2, 0.25) is 0 Å². The summed E-state index contributed by atoms with van der Waals surface area (Å²) in [5.41, 5.74) is 0. The second-order valence-corrected chi connectivity index (χ2v) is 14.8. The molecule has 0 aromatic heterocycles. The lowest BCUT2D eigenvalue weighted by Crippen LogP contribution is -2.28. The van der Waals surface area contributed by atoms with E-state index in [1.807, 2.05) is 0 Å². The average molecular weight is 693 g/mol. The molecule has 0 aliphatic carbocycles. The molecule has 0 radical (unpaired) electrons. The summed E-state index contributed by atoms with van der Waals surface area (Å²) in [5.74, 6) is -0.579. The second kappa shape index (κ2) is 41.1. The number of unbranched alkanes of at least 4 members (excludes halogenated alkanes) is 30. The first kappa shape index (κ1) is 47.6. The molecule has 0 fully saturated rings. The number of carbonyl (C=O) groups excluding carboxylic acids is 2. The molecule has 0 amide bonds. The van der Waals surface area contributed by atoms with Gasteiger partial charge in [0.25, 0.3) is 0 Å². The fourth-order valence-electron chi connectivity index (χ4n) is 6.49. The Morgan fingerprint density at radius 2 is 0.755 bits per heavy atom. The number of allylic oxidation sites excluding steroid dienone is 2. The van der Waals surface area contributed by atoms with Crippen LogP contribution < -0.4 is 0 Å². The summed E-state index contributed by atoms with van der Waals surface area (Å²) >= 11 is 0. The minimum absolute atomic E-state index is 0.0601. The normalized spacial score (nSPS) is 12.1. The Bertz CT molecular complexity index is 705. The Kier molecular flexibility index (Phi) is 39.9. The van der Waals surface area contributed by atoms with Crippen molar-refractivity contribution in [3.63, 3.8) is 0 Å². The lowest BCUT2D eigenvalue weighted by atomic mass is 10.0. The third kappa shape index (κ3) is 39.3. The molecule has 0 rings (SSSR count). The van der Waals surface area contributed by atoms with Crippen LogP contribution in [0.15, 0.2) is 12.2 Å². The molecule has 0 bridgehead atoms. The van der Waals surface area contributed by atoms with Crippen molar-refractivity contribution in [2.45, 2.75) is 245 Å². The lowest BCUT2D eigenvalue weighted by Gasteiger charge is -2.15. The standard InChI is InChI=1S/C44H84O5/c1-3-5-7-9-11-13-15-17-19-21-22-23-25-27-29-31-33-35-37-39-44(47)49-42(40-45)41-48-43(46)38-36-34-32-30-28-26-24-20-18-16-14-12-10-8-6-4-2/h17,19,42,45H,3-16,18,20-41H2,1-2H3/b19-17+/t42-/m0/s1. The van der Waals surface area contributed by atoms with Gasteiger partial charge in [0, 0.05) is 12.8 Å². The molecule has 290 valence electrons. The van der Waals surface area contributed by atoms with Crippen molar-refractivity contribution in [3.05, 3.63) is 12.2 Å². The van der Waals surface area contributed by atoms with Gasteiger partial charge in [-0.3, -0.25) is 9.59 Å². The van der Waals surface area contributed by atoms with E-state index in [0.29, 0.717) is 12.8 Å². The van der Waals surface area contributed by atoms with Gasteiger partial charge in [-0.2, -0.15) is 0 Å². The van der Waals surface area contributed by atoms with Gasteiger partial charge in [-0.05, 0) is 38.5 Å². The molecule has 1 N–H and O–H groups in total. The van der Waals surface area contributed by atoms with Crippen molar-refractivity contribution in [1.29, 1.82) is 0 Å². The Labute approximate surface area is 305 Å². The Morgan fingerprint density at radius 1 is 0.449 bits per heavy atom. The van der Waals surface area contributed by atoms with Crippen LogP contribution in [-0.2, 0) is 19.1 Å². The van der Waals surface area contributed by atoms with Crippen LogP contribution in [0.25, 0.3) is 0 Å². The van der Waals surface area contributed by atoms with Crippen LogP contribution in [0.5, 0.6) is 0 Å². The monoisotopic (exact) mass is 693 g/mol. The van der Waals surface area contributed by atoms with Crippen LogP contribution in [-0.4, -0.2) is 36.4 Å². The van der Waals surface area contributed by atoms with Crippen molar-refractivity contribution >= 4 is 11.9 Å². The predicted octanol–water partition coefficient (Wildman–Crippen LogP) is 13.7. The number of hydrogen-bond donors (Lipinski definition) is 1. The lowest BCUT2D eigenvalue weighted by molar-refractivity contribution is -0.161. The van der Waals surface area contributed by atoms with Gasteiger partial charge in [0.1, 0.15) is 6.61 Å². The summed E-state index contributed by atoms with van der Waals surface area (Å²) < 4.78 is 10.6. The van der Waals surface area contributed by atoms with E-state index >= 15 is 0 Å². The van der Waals surface area contributed by atoms with Gasteiger partial charge >= 0.3 is 11.9 Å². The van der Waals surface area contributed by atoms with Gasteiger partial charge in [0.15, 0.2) is 6.10 Å². The molecule has 0 aliphatic rings. The maximum Gasteiger partial charge on any atom is 0.306 e. The van der Waals surface area contributed by atoms with Gasteiger partial charge in [-0.1, -0.05) is 199 Å². The number of esters is 2. The highest BCUT2D eigenvalue weighted by Gasteiger charge is 2.16. The molecule has 0 aromatic rings. The van der Waals surface area contributed by atoms with E-state index < -0.39 is 6.10 Å². The first-order valence-electron chi connectivity index (χ1n) is 21.7. The van der Waals surface area contributed by atoms with Gasteiger partial charge in [-0.15, -0.1) is 0 Å². The van der Waals surface area contributed by atoms with Crippen molar-refractivity contribution in [3.8, 4) is 0 Å². The molecule has 0 spiro atoms. The molecular formula is C44H84O5. The number of aliphatic hydroxyl groups is 1. The summed E-state index contributed by atoms with van der Waals surface area (Å²) in [6.45, 7) is 4.16. The number of ether oxygens (including phenoxy) is 2. The summed E-state index contributed by atoms with van der Waals surface area (Å²) in [6.07, 6.45) is 47.1. The van der Waals surface area contributed by atoms with Crippen molar-refractivity contribution in [2.24, 2.45) is 0 Å². The molecular weight excluding hydrogens is 608 g/mol. The third-order valence-corrected chi connectivity index (χ3v) is 9.81. The highest BCUT2D eigenvalue weighted by atomic mass is 16.6. The number of carbonyl (C=O) groups is 2. The van der Waals surface area contributed by atoms with E-state index in [0.717, 1.165) is 32.1 Å². The number of hydrogen-bond acceptors (Lipinski definition) is 5. The first-order valence-corrected chi connectivity index (χ1v) is 21.7. The fraction of sp³-hybridized carbons (Fsp3) is 0.909. The van der Waals surface area contributed by atoms with Crippen molar-refractivity contribution in [2.75, 3.05) is 13.2 Å². The molecule has 0 aliphatic heterocycles. The zero-order chi connectivity index (χ0) is 35.7. The Morgan fingerprint density at radius 3 is 1.10 bits per heavy atom. The van der Waals surface area contributed by atoms with E-state index in [1.165, 1.54) is 180 Å². The fourth-order valence-corrected chi connectivity index (χ4v) is 6.49. The quantitative estimate of drug-likeness (QED) is 0.0393. The zero-order valence-electron chi connectivity index (χ0n) is 33.0. The molecule has 0 unspecified atom stereocenters. The van der Waals surface area contributed by atoms with E-state index in [-0.39, 0.29) is 25.2 Å². The summed E-state index contributed by atoms with van der Waals surface area (Å²) in [6, 6.07) is 0. The van der Waals surface area contributed by atoms with Crippen LogP contribution in [0.4, 0.5) is 0 Å². The Balaban J connectivity index is 3.49. The van der Waals surface area contributed by atoms with Crippen LogP contribution in [0, 0.1) is 0 Å². The molecule has 0 saturated heterocycles. The topological polar surface area (TPSA) is 72.8 Å². The van der Waals surface area contributed by atoms with Gasteiger partial charge < -0.3 is 14.6 Å². The molecule has 0 aromatic carbocycles. The van der Waals surface area contributed by atoms with E-state index in [4.69, 9.17) is 9.47 Å². The molecule has 49 heavy (non-hydrogen) atoms. The highest BCUT2D eigenvalue weighted by Crippen LogP contribution is 2.15. The van der Waals surface area contributed by atoms with Crippen LogP contribution in [0.3, 0.4) is 0 Å². The minimum atomic E-state index is -0.766. The number of aliphatic hydroxyl groups excluding tert-OH is 1. The highest BCUT2D eigenvalue weighted by molar-refractivity contribution is 5.70. The Hall–Kier alpha value is -1.36. The van der Waals surface area contributed by atoms with Crippen LogP contribution >= 0.6 is 0 Å². The smallest absolute Gasteiger partial charge is 0.306 e. The molecule has 0 heterocycles. The minimum Gasteiger partial charge on any atom is -0.462 e. The SMILES string of the molecule is CCCCCCCC/C=C/CCCCCCCCCCCC(=O)O[C@@H](CO)COC(=O)CCCCCCCCCCCCCCCCCC. The first-order chi connectivity index (χ1) is 24.1. The zero-order valence-corrected chi connectivity index (χ0v) is 33.0. The van der Waals surface area contributed by atoms with Crippen molar-refractivity contribution < 1.29 is 24.2 Å². The van der Waals surface area contributed by atoms with Gasteiger partial charge in [0.05, 0.1) is 6.61 Å². The number of rotatable bonds is 40. The van der Waals surface area contributed by atoms with Crippen molar-refractivity contribution in [1.82, 2.24) is 0 Å². The predicted molar refractivity (Wildman–Crippen MR) is 210 cm³/mol. The summed E-state index contributed by atoms with van der Waals surface area (Å²) in [7, 11) is 0. The molecule has 5 nitrogen and oxygen atoms in total. The van der Waals surface area contributed by atoms with Crippen LogP contribution in [0.1, 0.15) is 239 Å². The maximum absolute atomic E-state index is 12.2. The van der Waals surface area contributed by atoms with E-state index in [1.54, 1.807) is 0 Å². The van der Waals surface area contributed by atoms with Gasteiger partial charge in [-0.25, -0.2) is 0 Å². The molecule has 1 atom stereocenters.